The van der Waals surface area contributed by atoms with Crippen molar-refractivity contribution in [2.24, 2.45) is 0 Å². The number of para-hydroxylation sites is 1. The molecule has 1 amide bonds. The van der Waals surface area contributed by atoms with E-state index in [4.69, 9.17) is 16.3 Å². The third-order valence-electron chi connectivity index (χ3n) is 3.09. The summed E-state index contributed by atoms with van der Waals surface area (Å²) in [6, 6.07) is 11.8. The topological polar surface area (TPSA) is 58.6 Å². The van der Waals surface area contributed by atoms with E-state index < -0.39 is 5.91 Å². The van der Waals surface area contributed by atoms with Crippen molar-refractivity contribution < 1.29 is 14.6 Å². The van der Waals surface area contributed by atoms with E-state index in [-0.39, 0.29) is 16.7 Å². The smallest absolute Gasteiger partial charge is 0.259 e. The lowest BCUT2D eigenvalue weighted by molar-refractivity contribution is 0.102. The molecule has 0 saturated carbocycles. The van der Waals surface area contributed by atoms with E-state index in [0.717, 1.165) is 5.56 Å². The highest BCUT2D eigenvalue weighted by molar-refractivity contribution is 6.21. The van der Waals surface area contributed by atoms with Crippen LogP contribution in [0.1, 0.15) is 28.2 Å². The molecule has 110 valence electrons. The van der Waals surface area contributed by atoms with Gasteiger partial charge in [0.2, 0.25) is 0 Å². The van der Waals surface area contributed by atoms with Crippen LogP contribution in [0.4, 0.5) is 5.69 Å². The number of rotatable bonds is 4. The van der Waals surface area contributed by atoms with Crippen LogP contribution < -0.4 is 10.1 Å². The predicted octanol–water partition coefficient (Wildman–Crippen LogP) is 3.95. The Kier molecular flexibility index (Phi) is 4.70. The molecule has 0 radical (unpaired) electrons. The van der Waals surface area contributed by atoms with Gasteiger partial charge in [-0.05, 0) is 30.7 Å². The number of phenols is 1. The number of carbonyl (C=O) groups is 1. The molecule has 2 N–H and O–H groups in total. The van der Waals surface area contributed by atoms with E-state index in [1.165, 1.54) is 19.2 Å². The maximum Gasteiger partial charge on any atom is 0.259 e. The average molecular weight is 306 g/mol. The first-order valence-electron chi connectivity index (χ1n) is 6.44. The van der Waals surface area contributed by atoms with E-state index >= 15 is 0 Å². The van der Waals surface area contributed by atoms with Gasteiger partial charge < -0.3 is 15.2 Å². The number of carbonyl (C=O) groups excluding carboxylic acids is 1. The monoisotopic (exact) mass is 305 g/mol. The lowest BCUT2D eigenvalue weighted by Crippen LogP contribution is -2.13. The summed E-state index contributed by atoms with van der Waals surface area (Å²) in [5.41, 5.74) is 1.62. The summed E-state index contributed by atoms with van der Waals surface area (Å²) >= 11 is 6.09. The number of ether oxygens (including phenoxy) is 1. The molecule has 2 aromatic rings. The van der Waals surface area contributed by atoms with Crippen LogP contribution in [-0.4, -0.2) is 18.1 Å². The zero-order valence-electron chi connectivity index (χ0n) is 11.8. The fourth-order valence-electron chi connectivity index (χ4n) is 1.98. The largest absolute Gasteiger partial charge is 0.507 e. The summed E-state index contributed by atoms with van der Waals surface area (Å²) in [7, 11) is 1.49. The van der Waals surface area contributed by atoms with Gasteiger partial charge in [0.15, 0.2) is 0 Å². The van der Waals surface area contributed by atoms with Crippen molar-refractivity contribution in [2.75, 3.05) is 12.4 Å². The van der Waals surface area contributed by atoms with Crippen molar-refractivity contribution in [1.29, 1.82) is 0 Å². The van der Waals surface area contributed by atoms with Crippen LogP contribution in [0.3, 0.4) is 0 Å². The second-order valence-electron chi connectivity index (χ2n) is 4.54. The Labute approximate surface area is 128 Å². The van der Waals surface area contributed by atoms with Crippen LogP contribution >= 0.6 is 11.6 Å². The number of alkyl halides is 1. The fourth-order valence-corrected chi connectivity index (χ4v) is 2.17. The highest BCUT2D eigenvalue weighted by Crippen LogP contribution is 2.29. The molecule has 0 bridgehead atoms. The molecule has 0 aliphatic rings. The van der Waals surface area contributed by atoms with Gasteiger partial charge in [0.05, 0.1) is 18.1 Å². The van der Waals surface area contributed by atoms with Crippen molar-refractivity contribution in [2.45, 2.75) is 12.3 Å². The van der Waals surface area contributed by atoms with Gasteiger partial charge in [-0.3, -0.25) is 4.79 Å². The maximum atomic E-state index is 12.3. The lowest BCUT2D eigenvalue weighted by atomic mass is 10.1. The first-order valence-corrected chi connectivity index (χ1v) is 6.88. The predicted molar refractivity (Wildman–Crippen MR) is 83.3 cm³/mol. The second-order valence-corrected chi connectivity index (χ2v) is 5.20. The van der Waals surface area contributed by atoms with Gasteiger partial charge in [0.25, 0.3) is 5.91 Å². The Morgan fingerprint density at radius 3 is 2.62 bits per heavy atom. The van der Waals surface area contributed by atoms with Crippen molar-refractivity contribution >= 4 is 23.2 Å². The molecule has 2 aromatic carbocycles. The zero-order valence-corrected chi connectivity index (χ0v) is 12.5. The second kappa shape index (κ2) is 6.50. The number of hydrogen-bond acceptors (Lipinski definition) is 3. The number of aromatic hydroxyl groups is 1. The number of nitrogens with one attached hydrogen (secondary N) is 1. The van der Waals surface area contributed by atoms with Crippen molar-refractivity contribution in [3.8, 4) is 11.5 Å². The Bertz CT molecular complexity index is 656. The number of benzene rings is 2. The summed E-state index contributed by atoms with van der Waals surface area (Å²) in [6.07, 6.45) is 0. The van der Waals surface area contributed by atoms with Crippen LogP contribution in [0, 0.1) is 0 Å². The molecule has 5 heteroatoms. The molecule has 0 aliphatic carbocycles. The lowest BCUT2D eigenvalue weighted by Gasteiger charge is -2.13. The fraction of sp³-hybridized carbons (Fsp3) is 0.188. The minimum atomic E-state index is -0.403. The number of methoxy groups -OCH3 is 1. The highest BCUT2D eigenvalue weighted by Gasteiger charge is 2.15. The quantitative estimate of drug-likeness (QED) is 0.841. The summed E-state index contributed by atoms with van der Waals surface area (Å²) < 4.78 is 4.99. The Hall–Kier alpha value is -2.20. The molecule has 1 atom stereocenters. The molecule has 0 fully saturated rings. The number of halogens is 1. The third kappa shape index (κ3) is 3.47. The van der Waals surface area contributed by atoms with Crippen molar-refractivity contribution in [3.05, 3.63) is 53.6 Å². The number of anilines is 1. The Balaban J connectivity index is 2.26. The van der Waals surface area contributed by atoms with Gasteiger partial charge in [-0.1, -0.05) is 18.2 Å². The molecular weight excluding hydrogens is 290 g/mol. The molecule has 0 aromatic heterocycles. The summed E-state index contributed by atoms with van der Waals surface area (Å²) in [6.45, 7) is 1.83. The first-order chi connectivity index (χ1) is 10.0. The van der Waals surface area contributed by atoms with Crippen molar-refractivity contribution in [3.63, 3.8) is 0 Å². The van der Waals surface area contributed by atoms with E-state index in [9.17, 15) is 9.90 Å². The van der Waals surface area contributed by atoms with Gasteiger partial charge in [0.1, 0.15) is 11.5 Å². The minimum absolute atomic E-state index is 0.136. The maximum absolute atomic E-state index is 12.3. The van der Waals surface area contributed by atoms with Crippen LogP contribution in [0.2, 0.25) is 0 Å². The molecular formula is C16H16ClNO3. The van der Waals surface area contributed by atoms with Crippen LogP contribution in [0.25, 0.3) is 0 Å². The molecule has 2 rings (SSSR count). The molecule has 0 saturated heterocycles. The van der Waals surface area contributed by atoms with E-state index in [0.29, 0.717) is 11.4 Å². The van der Waals surface area contributed by atoms with Crippen LogP contribution in [0.5, 0.6) is 11.5 Å². The standard InChI is InChI=1S/C16H16ClNO3/c1-10(17)12-5-3-4-6-14(12)18-16(20)13-8-7-11(21-2)9-15(13)19/h3-10,19H,1-2H3,(H,18,20). The molecule has 21 heavy (non-hydrogen) atoms. The van der Waals surface area contributed by atoms with Gasteiger partial charge in [0, 0.05) is 11.8 Å². The van der Waals surface area contributed by atoms with Gasteiger partial charge in [-0.25, -0.2) is 0 Å². The molecule has 0 aliphatic heterocycles. The minimum Gasteiger partial charge on any atom is -0.507 e. The SMILES string of the molecule is COc1ccc(C(=O)Nc2ccccc2C(C)Cl)c(O)c1. The van der Waals surface area contributed by atoms with E-state index in [1.54, 1.807) is 12.1 Å². The average Bonchev–Trinajstić information content (AvgIpc) is 2.47. The molecule has 0 spiro atoms. The Morgan fingerprint density at radius 2 is 2.00 bits per heavy atom. The zero-order chi connectivity index (χ0) is 15.4. The van der Waals surface area contributed by atoms with Gasteiger partial charge in [-0.15, -0.1) is 11.6 Å². The normalized spacial score (nSPS) is 11.8. The summed E-state index contributed by atoms with van der Waals surface area (Å²) in [5.74, 6) is -0.0537. The summed E-state index contributed by atoms with van der Waals surface area (Å²) in [5, 5.41) is 12.4. The molecule has 1 unspecified atom stereocenters. The molecule has 0 heterocycles. The van der Waals surface area contributed by atoms with Crippen LogP contribution in [0.15, 0.2) is 42.5 Å². The highest BCUT2D eigenvalue weighted by atomic mass is 35.5. The van der Waals surface area contributed by atoms with Crippen molar-refractivity contribution in [1.82, 2.24) is 0 Å². The van der Waals surface area contributed by atoms with E-state index in [1.807, 2.05) is 25.1 Å². The molecule has 4 nitrogen and oxygen atoms in total. The van der Waals surface area contributed by atoms with E-state index in [2.05, 4.69) is 5.32 Å². The number of amides is 1. The summed E-state index contributed by atoms with van der Waals surface area (Å²) in [4.78, 5) is 12.3. The van der Waals surface area contributed by atoms with Crippen LogP contribution in [-0.2, 0) is 0 Å². The van der Waals surface area contributed by atoms with Gasteiger partial charge >= 0.3 is 0 Å². The first kappa shape index (κ1) is 15.2. The van der Waals surface area contributed by atoms with Gasteiger partial charge in [-0.2, -0.15) is 0 Å². The third-order valence-corrected chi connectivity index (χ3v) is 3.32. The number of hydrogen-bond donors (Lipinski definition) is 2. The number of phenolic OH excluding ortho intramolecular Hbond substituents is 1. The Morgan fingerprint density at radius 1 is 1.29 bits per heavy atom.